The number of pyridine rings is 2. The smallest absolute Gasteiger partial charge is 0.326 e. The van der Waals surface area contributed by atoms with Gasteiger partial charge in [0.25, 0.3) is 5.91 Å². The molecule has 0 saturated carbocycles. The minimum Gasteiger partial charge on any atom is -0.494 e. The number of carbonyl (C=O) groups excluding carboxylic acids is 1. The molecule has 0 aliphatic heterocycles. The first-order valence-electron chi connectivity index (χ1n) is 11.9. The molecular formula is C27H29Cl2N3O4S. The lowest BCUT2D eigenvalue weighted by Gasteiger charge is -2.16. The van der Waals surface area contributed by atoms with E-state index in [4.69, 9.17) is 32.9 Å². The molecule has 2 aromatic heterocycles. The van der Waals surface area contributed by atoms with Crippen molar-refractivity contribution in [1.82, 2.24) is 15.3 Å². The number of aliphatic carboxylic acids is 1. The number of fused-ring (bicyclic) bond motifs is 1. The molecule has 1 amide bonds. The monoisotopic (exact) mass is 561 g/mol. The number of rotatable bonds is 10. The average molecular weight is 563 g/mol. The lowest BCUT2D eigenvalue weighted by molar-refractivity contribution is -0.139. The van der Waals surface area contributed by atoms with Crippen LogP contribution in [0.5, 0.6) is 5.75 Å². The first-order chi connectivity index (χ1) is 17.4. The number of ether oxygens (including phenoxy) is 1. The Morgan fingerprint density at radius 1 is 1.03 bits per heavy atom. The van der Waals surface area contributed by atoms with Crippen molar-refractivity contribution in [3.63, 3.8) is 0 Å². The molecule has 1 aliphatic rings. The van der Waals surface area contributed by atoms with Crippen LogP contribution in [0.1, 0.15) is 52.1 Å². The Morgan fingerprint density at radius 2 is 1.73 bits per heavy atom. The van der Waals surface area contributed by atoms with Gasteiger partial charge in [0.2, 0.25) is 0 Å². The van der Waals surface area contributed by atoms with Crippen LogP contribution in [0, 0.1) is 0 Å². The summed E-state index contributed by atoms with van der Waals surface area (Å²) in [6.07, 6.45) is 9.03. The summed E-state index contributed by atoms with van der Waals surface area (Å²) >= 11 is 12.0. The first-order valence-corrected chi connectivity index (χ1v) is 12.7. The van der Waals surface area contributed by atoms with Crippen LogP contribution in [-0.4, -0.2) is 39.6 Å². The Labute approximate surface area is 233 Å². The fourth-order valence-electron chi connectivity index (χ4n) is 4.23. The summed E-state index contributed by atoms with van der Waals surface area (Å²) in [5, 5.41) is 12.2. The molecule has 1 aliphatic carbocycles. The van der Waals surface area contributed by atoms with E-state index in [-0.39, 0.29) is 35.5 Å². The van der Waals surface area contributed by atoms with Crippen LogP contribution in [-0.2, 0) is 30.5 Å². The van der Waals surface area contributed by atoms with Gasteiger partial charge in [0.05, 0.1) is 22.2 Å². The van der Waals surface area contributed by atoms with Crippen LogP contribution in [0.4, 0.5) is 0 Å². The third kappa shape index (κ3) is 7.84. The van der Waals surface area contributed by atoms with Crippen molar-refractivity contribution in [2.24, 2.45) is 0 Å². The maximum Gasteiger partial charge on any atom is 0.326 e. The number of aromatic nitrogens is 2. The highest BCUT2D eigenvalue weighted by Gasteiger charge is 2.24. The zero-order valence-electron chi connectivity index (χ0n) is 20.2. The molecule has 4 rings (SSSR count). The van der Waals surface area contributed by atoms with Crippen molar-refractivity contribution < 1.29 is 19.4 Å². The number of amides is 1. The van der Waals surface area contributed by atoms with Crippen LogP contribution < -0.4 is 10.1 Å². The second-order valence-corrected chi connectivity index (χ2v) is 9.57. The number of hydrogen-bond acceptors (Lipinski definition) is 5. The van der Waals surface area contributed by atoms with Crippen molar-refractivity contribution in [3.8, 4) is 5.75 Å². The lowest BCUT2D eigenvalue weighted by Crippen LogP contribution is -2.42. The van der Waals surface area contributed by atoms with Gasteiger partial charge in [-0.15, -0.1) is 0 Å². The molecule has 1 aromatic carbocycles. The van der Waals surface area contributed by atoms with Gasteiger partial charge in [0.15, 0.2) is 0 Å². The van der Waals surface area contributed by atoms with Crippen LogP contribution in [0.15, 0.2) is 48.8 Å². The van der Waals surface area contributed by atoms with E-state index >= 15 is 0 Å². The molecule has 196 valence electrons. The molecule has 0 spiro atoms. The summed E-state index contributed by atoms with van der Waals surface area (Å²) in [4.78, 5) is 32.9. The number of benzene rings is 1. The first kappa shape index (κ1) is 28.8. The molecule has 0 unspecified atom stereocenters. The predicted molar refractivity (Wildman–Crippen MR) is 148 cm³/mol. The molecule has 0 saturated heterocycles. The summed E-state index contributed by atoms with van der Waals surface area (Å²) in [6, 6.07) is 10.3. The zero-order valence-corrected chi connectivity index (χ0v) is 22.7. The summed E-state index contributed by atoms with van der Waals surface area (Å²) in [6.45, 7) is 0.555. The van der Waals surface area contributed by atoms with Gasteiger partial charge in [0, 0.05) is 30.2 Å². The van der Waals surface area contributed by atoms with Crippen LogP contribution in [0.25, 0.3) is 0 Å². The van der Waals surface area contributed by atoms with Gasteiger partial charge >= 0.3 is 5.97 Å². The van der Waals surface area contributed by atoms with Crippen LogP contribution >= 0.6 is 36.7 Å². The molecule has 10 heteroatoms. The number of hydrogen-bond donors (Lipinski definition) is 2. The minimum absolute atomic E-state index is 0. The SMILES string of the molecule is O=C(N[C@@H](Cc1ccc(OCCCc2ccc3c(n2)CCCC3)cc1)C(=O)O)c1c(Cl)cncc1Cl.S. The highest BCUT2D eigenvalue weighted by molar-refractivity contribution is 7.59. The average Bonchev–Trinajstić information content (AvgIpc) is 2.87. The van der Waals surface area contributed by atoms with Gasteiger partial charge in [-0.25, -0.2) is 4.79 Å². The zero-order chi connectivity index (χ0) is 25.5. The van der Waals surface area contributed by atoms with E-state index < -0.39 is 17.9 Å². The molecule has 37 heavy (non-hydrogen) atoms. The van der Waals surface area contributed by atoms with E-state index in [1.165, 1.54) is 36.5 Å². The second kappa shape index (κ2) is 13.7. The number of carboxylic acids is 1. The largest absolute Gasteiger partial charge is 0.494 e. The Morgan fingerprint density at radius 3 is 2.43 bits per heavy atom. The topological polar surface area (TPSA) is 101 Å². The number of carbonyl (C=O) groups is 2. The van der Waals surface area contributed by atoms with Crippen molar-refractivity contribution >= 4 is 48.6 Å². The standard InChI is InChI=1S/C27H27Cl2N3O4.H2S/c28-21-15-30-16-22(29)25(21)26(33)32-24(27(34)35)14-17-7-11-20(12-8-17)36-13-3-5-19-10-9-18-4-1-2-6-23(18)31-19;/h7-12,15-16,24H,1-6,13-14H2,(H,32,33)(H,34,35);1H2/t24-;/m0./s1. The van der Waals surface area contributed by atoms with Crippen molar-refractivity contribution in [2.45, 2.75) is 51.0 Å². The highest BCUT2D eigenvalue weighted by atomic mass is 35.5. The molecule has 2 heterocycles. The van der Waals surface area contributed by atoms with E-state index in [2.05, 4.69) is 22.4 Å². The molecule has 3 aromatic rings. The Bertz CT molecular complexity index is 1220. The van der Waals surface area contributed by atoms with E-state index in [1.807, 2.05) is 0 Å². The molecule has 1 atom stereocenters. The molecule has 2 N–H and O–H groups in total. The number of carboxylic acid groups (broad SMARTS) is 1. The fraction of sp³-hybridized carbons (Fsp3) is 0.333. The third-order valence-electron chi connectivity index (χ3n) is 6.13. The van der Waals surface area contributed by atoms with E-state index in [1.54, 1.807) is 24.3 Å². The minimum atomic E-state index is -1.17. The van der Waals surface area contributed by atoms with Crippen LogP contribution in [0.3, 0.4) is 0 Å². The van der Waals surface area contributed by atoms with Crippen molar-refractivity contribution in [2.75, 3.05) is 6.61 Å². The van der Waals surface area contributed by atoms with E-state index in [0.717, 1.165) is 36.9 Å². The number of halogens is 2. The molecule has 7 nitrogen and oxygen atoms in total. The number of nitrogens with zero attached hydrogens (tertiary/aromatic N) is 2. The van der Waals surface area contributed by atoms with Gasteiger partial charge in [-0.2, -0.15) is 13.5 Å². The third-order valence-corrected chi connectivity index (χ3v) is 6.70. The summed E-state index contributed by atoms with van der Waals surface area (Å²) in [5.74, 6) is -1.14. The Balaban J connectivity index is 0.00000380. The normalized spacial score (nSPS) is 13.1. The van der Waals surface area contributed by atoms with Gasteiger partial charge in [-0.3, -0.25) is 14.8 Å². The van der Waals surface area contributed by atoms with Gasteiger partial charge in [0.1, 0.15) is 11.8 Å². The second-order valence-electron chi connectivity index (χ2n) is 8.76. The van der Waals surface area contributed by atoms with Gasteiger partial charge in [-0.1, -0.05) is 41.4 Å². The molecular weight excluding hydrogens is 533 g/mol. The maximum atomic E-state index is 12.6. The summed E-state index contributed by atoms with van der Waals surface area (Å²) in [5.41, 5.74) is 4.47. The summed E-state index contributed by atoms with van der Waals surface area (Å²) < 4.78 is 5.85. The Hall–Kier alpha value is -2.81. The van der Waals surface area contributed by atoms with Gasteiger partial charge < -0.3 is 15.2 Å². The van der Waals surface area contributed by atoms with Crippen molar-refractivity contribution in [1.29, 1.82) is 0 Å². The number of nitrogens with one attached hydrogen (secondary N) is 1. The maximum absolute atomic E-state index is 12.6. The lowest BCUT2D eigenvalue weighted by atomic mass is 9.95. The fourth-order valence-corrected chi connectivity index (χ4v) is 4.76. The molecule has 0 bridgehead atoms. The predicted octanol–water partition coefficient (Wildman–Crippen LogP) is 5.21. The van der Waals surface area contributed by atoms with E-state index in [9.17, 15) is 14.7 Å². The van der Waals surface area contributed by atoms with Crippen molar-refractivity contribution in [3.05, 3.63) is 86.9 Å². The van der Waals surface area contributed by atoms with E-state index in [0.29, 0.717) is 12.4 Å². The highest BCUT2D eigenvalue weighted by Crippen LogP contribution is 2.23. The molecule has 0 radical (unpaired) electrons. The number of aryl methyl sites for hydroxylation is 3. The molecule has 0 fully saturated rings. The summed E-state index contributed by atoms with van der Waals surface area (Å²) in [7, 11) is 0. The quantitative estimate of drug-likeness (QED) is 0.329. The van der Waals surface area contributed by atoms with Crippen LogP contribution in [0.2, 0.25) is 10.0 Å². The Kier molecular flexibility index (Phi) is 10.6. The van der Waals surface area contributed by atoms with Gasteiger partial charge in [-0.05, 0) is 67.9 Å².